The van der Waals surface area contributed by atoms with Crippen LogP contribution in [0.15, 0.2) is 60.7 Å². The third-order valence-electron chi connectivity index (χ3n) is 4.79. The molecule has 1 heterocycles. The van der Waals surface area contributed by atoms with Crippen molar-refractivity contribution in [2.45, 2.75) is 6.42 Å². The van der Waals surface area contributed by atoms with Gasteiger partial charge in [-0.2, -0.15) is 0 Å². The predicted molar refractivity (Wildman–Crippen MR) is 112 cm³/mol. The lowest BCUT2D eigenvalue weighted by Gasteiger charge is -2.25. The van der Waals surface area contributed by atoms with Crippen molar-refractivity contribution in [3.63, 3.8) is 0 Å². The molecule has 1 aliphatic rings. The standard InChI is InChI=1S/C23H19FN2O5/c1-26-9-8-14-10-18(6-7-21(14)22(26)27)31-20-12-16(25-23(28)29)11-19(13-20)30-17-4-2-15(24)3-5-17/h2-7,10-13,25H,8-9H2,1H3,(H,28,29). The number of ether oxygens (including phenoxy) is 2. The van der Waals surface area contributed by atoms with Crippen molar-refractivity contribution in [1.82, 2.24) is 4.90 Å². The average Bonchev–Trinajstić information content (AvgIpc) is 2.72. The maximum atomic E-state index is 13.1. The minimum absolute atomic E-state index is 0.0320. The molecular formula is C23H19FN2O5. The van der Waals surface area contributed by atoms with Gasteiger partial charge in [0.2, 0.25) is 0 Å². The Morgan fingerprint density at radius 1 is 0.968 bits per heavy atom. The molecule has 3 aromatic rings. The van der Waals surface area contributed by atoms with Crippen LogP contribution in [0.2, 0.25) is 0 Å². The van der Waals surface area contributed by atoms with E-state index in [0.29, 0.717) is 41.5 Å². The fourth-order valence-corrected chi connectivity index (χ4v) is 3.30. The van der Waals surface area contributed by atoms with E-state index in [0.717, 1.165) is 5.56 Å². The van der Waals surface area contributed by atoms with E-state index in [2.05, 4.69) is 5.32 Å². The van der Waals surface area contributed by atoms with Crippen LogP contribution in [0.1, 0.15) is 15.9 Å². The third kappa shape index (κ3) is 4.75. The number of carboxylic acid groups (broad SMARTS) is 1. The molecule has 0 unspecified atom stereocenters. The highest BCUT2D eigenvalue weighted by Gasteiger charge is 2.21. The molecule has 2 amide bonds. The zero-order chi connectivity index (χ0) is 22.0. The van der Waals surface area contributed by atoms with Crippen LogP contribution in [0.4, 0.5) is 14.9 Å². The maximum Gasteiger partial charge on any atom is 0.409 e. The first-order valence-corrected chi connectivity index (χ1v) is 9.52. The van der Waals surface area contributed by atoms with E-state index in [4.69, 9.17) is 14.6 Å². The highest BCUT2D eigenvalue weighted by atomic mass is 19.1. The van der Waals surface area contributed by atoms with Gasteiger partial charge in [0.05, 0.1) is 5.69 Å². The van der Waals surface area contributed by atoms with Gasteiger partial charge in [-0.05, 0) is 54.4 Å². The first-order valence-electron chi connectivity index (χ1n) is 9.52. The van der Waals surface area contributed by atoms with Crippen LogP contribution in [0.5, 0.6) is 23.0 Å². The van der Waals surface area contributed by atoms with Gasteiger partial charge >= 0.3 is 6.09 Å². The molecule has 0 fully saturated rings. The topological polar surface area (TPSA) is 88.1 Å². The number of amides is 2. The van der Waals surface area contributed by atoms with Crippen LogP contribution in [0, 0.1) is 5.82 Å². The van der Waals surface area contributed by atoms with E-state index in [9.17, 15) is 14.0 Å². The highest BCUT2D eigenvalue weighted by Crippen LogP contribution is 2.33. The molecule has 31 heavy (non-hydrogen) atoms. The molecule has 2 N–H and O–H groups in total. The molecule has 8 heteroatoms. The lowest BCUT2D eigenvalue weighted by molar-refractivity contribution is 0.0781. The second-order valence-electron chi connectivity index (χ2n) is 7.08. The quantitative estimate of drug-likeness (QED) is 0.595. The van der Waals surface area contributed by atoms with Gasteiger partial charge in [-0.1, -0.05) is 0 Å². The fourth-order valence-electron chi connectivity index (χ4n) is 3.30. The van der Waals surface area contributed by atoms with Crippen molar-refractivity contribution in [2.24, 2.45) is 0 Å². The SMILES string of the molecule is CN1CCc2cc(Oc3cc(NC(=O)O)cc(Oc4ccc(F)cc4)c3)ccc2C1=O. The minimum Gasteiger partial charge on any atom is -0.465 e. The number of nitrogens with zero attached hydrogens (tertiary/aromatic N) is 1. The Morgan fingerprint density at radius 3 is 2.29 bits per heavy atom. The second-order valence-corrected chi connectivity index (χ2v) is 7.08. The molecule has 1 aliphatic heterocycles. The number of benzene rings is 3. The van der Waals surface area contributed by atoms with E-state index >= 15 is 0 Å². The number of likely N-dealkylation sites (N-methyl/N-ethyl adjacent to an activating group) is 1. The van der Waals surface area contributed by atoms with E-state index < -0.39 is 11.9 Å². The highest BCUT2D eigenvalue weighted by molar-refractivity contribution is 5.96. The Hall–Kier alpha value is -4.07. The summed E-state index contributed by atoms with van der Waals surface area (Å²) in [5.74, 6) is 1.11. The van der Waals surface area contributed by atoms with Crippen molar-refractivity contribution >= 4 is 17.7 Å². The van der Waals surface area contributed by atoms with Gasteiger partial charge in [0.25, 0.3) is 5.91 Å². The first-order chi connectivity index (χ1) is 14.9. The Bertz CT molecular complexity index is 1150. The zero-order valence-corrected chi connectivity index (χ0v) is 16.6. The van der Waals surface area contributed by atoms with Crippen LogP contribution in [-0.2, 0) is 6.42 Å². The van der Waals surface area contributed by atoms with Crippen LogP contribution in [0.3, 0.4) is 0 Å². The Morgan fingerprint density at radius 2 is 1.61 bits per heavy atom. The van der Waals surface area contributed by atoms with Gasteiger partial charge in [0.1, 0.15) is 28.8 Å². The van der Waals surface area contributed by atoms with E-state index in [-0.39, 0.29) is 11.6 Å². The Kier molecular flexibility index (Phi) is 5.44. The summed E-state index contributed by atoms with van der Waals surface area (Å²) in [7, 11) is 1.76. The number of carbonyl (C=O) groups excluding carboxylic acids is 1. The van der Waals surface area contributed by atoms with Crippen LogP contribution >= 0.6 is 0 Å². The lowest BCUT2D eigenvalue weighted by atomic mass is 9.99. The van der Waals surface area contributed by atoms with Crippen LogP contribution in [0.25, 0.3) is 0 Å². The van der Waals surface area contributed by atoms with Gasteiger partial charge in [-0.15, -0.1) is 0 Å². The number of nitrogens with one attached hydrogen (secondary N) is 1. The van der Waals surface area contributed by atoms with Crippen molar-refractivity contribution in [3.8, 4) is 23.0 Å². The predicted octanol–water partition coefficient (Wildman–Crippen LogP) is 5.13. The lowest BCUT2D eigenvalue weighted by Crippen LogP contribution is -2.34. The average molecular weight is 422 g/mol. The molecule has 4 rings (SSSR count). The minimum atomic E-state index is -1.23. The number of carbonyl (C=O) groups is 2. The number of hydrogen-bond donors (Lipinski definition) is 2. The van der Waals surface area contributed by atoms with E-state index in [1.165, 1.54) is 36.4 Å². The summed E-state index contributed by atoms with van der Waals surface area (Å²) < 4.78 is 24.8. The summed E-state index contributed by atoms with van der Waals surface area (Å²) in [5, 5.41) is 11.3. The molecule has 0 saturated carbocycles. The number of halogens is 1. The molecule has 0 aromatic heterocycles. The van der Waals surface area contributed by atoms with Gasteiger partial charge in [-0.25, -0.2) is 9.18 Å². The third-order valence-corrected chi connectivity index (χ3v) is 4.79. The van der Waals surface area contributed by atoms with Crippen molar-refractivity contribution in [1.29, 1.82) is 0 Å². The summed E-state index contributed by atoms with van der Waals surface area (Å²) in [6, 6.07) is 15.3. The van der Waals surface area contributed by atoms with Crippen LogP contribution in [-0.4, -0.2) is 35.6 Å². The molecule has 158 valence electrons. The van der Waals surface area contributed by atoms with E-state index in [1.54, 1.807) is 36.2 Å². The number of anilines is 1. The molecule has 0 saturated heterocycles. The van der Waals surface area contributed by atoms with Crippen molar-refractivity contribution < 1.29 is 28.6 Å². The summed E-state index contributed by atoms with van der Waals surface area (Å²) in [6.45, 7) is 0.628. The van der Waals surface area contributed by atoms with Crippen LogP contribution < -0.4 is 14.8 Å². The fraction of sp³-hybridized carbons (Fsp3) is 0.130. The zero-order valence-electron chi connectivity index (χ0n) is 16.6. The van der Waals surface area contributed by atoms with Gasteiger partial charge < -0.3 is 19.5 Å². The first kappa shape index (κ1) is 20.2. The summed E-state index contributed by atoms with van der Waals surface area (Å²) >= 11 is 0. The smallest absolute Gasteiger partial charge is 0.409 e. The number of fused-ring (bicyclic) bond motifs is 1. The van der Waals surface area contributed by atoms with Gasteiger partial charge in [0.15, 0.2) is 0 Å². The maximum absolute atomic E-state index is 13.1. The molecule has 0 bridgehead atoms. The Balaban J connectivity index is 1.61. The summed E-state index contributed by atoms with van der Waals surface area (Å²) in [6.07, 6.45) is -0.518. The molecule has 0 radical (unpaired) electrons. The summed E-state index contributed by atoms with van der Waals surface area (Å²) in [4.78, 5) is 25.0. The van der Waals surface area contributed by atoms with Gasteiger partial charge in [-0.3, -0.25) is 10.1 Å². The van der Waals surface area contributed by atoms with E-state index in [1.807, 2.05) is 0 Å². The molecule has 0 spiro atoms. The van der Waals surface area contributed by atoms with Crippen molar-refractivity contribution in [2.75, 3.05) is 18.9 Å². The molecular weight excluding hydrogens is 403 g/mol. The normalized spacial score (nSPS) is 12.8. The number of rotatable bonds is 5. The van der Waals surface area contributed by atoms with Gasteiger partial charge in [0, 0.05) is 37.4 Å². The molecule has 3 aromatic carbocycles. The monoisotopic (exact) mass is 422 g/mol. The number of hydrogen-bond acceptors (Lipinski definition) is 4. The Labute approximate surface area is 177 Å². The largest absolute Gasteiger partial charge is 0.465 e. The van der Waals surface area contributed by atoms with Crippen molar-refractivity contribution in [3.05, 3.63) is 77.6 Å². The summed E-state index contributed by atoms with van der Waals surface area (Å²) in [5.41, 5.74) is 1.78. The molecule has 0 atom stereocenters. The second kappa shape index (κ2) is 8.35. The molecule has 7 nitrogen and oxygen atoms in total. The molecule has 0 aliphatic carbocycles.